The molecule has 8 nitrogen and oxygen atoms in total. The van der Waals surface area contributed by atoms with E-state index in [4.69, 9.17) is 14.2 Å². The van der Waals surface area contributed by atoms with Crippen LogP contribution >= 0.6 is 0 Å². The summed E-state index contributed by atoms with van der Waals surface area (Å²) in [7, 11) is 3.66. The molecule has 0 N–H and O–H groups in total. The summed E-state index contributed by atoms with van der Waals surface area (Å²) in [6.45, 7) is 3.65. The molecule has 7 aliphatic rings. The molecule has 0 aromatic rings. The van der Waals surface area contributed by atoms with Gasteiger partial charge in [-0.1, -0.05) is 0 Å². The van der Waals surface area contributed by atoms with Crippen molar-refractivity contribution < 1.29 is 23.8 Å². The van der Waals surface area contributed by atoms with E-state index in [1.54, 1.807) is 6.92 Å². The van der Waals surface area contributed by atoms with Crippen molar-refractivity contribution in [2.24, 2.45) is 5.92 Å². The van der Waals surface area contributed by atoms with Crippen LogP contribution in [-0.2, 0) is 23.8 Å². The number of allylic oxidation sites excluding steroid dienone is 2. The number of carbonyl (C=O) groups excluding carboxylic acids is 2. The Morgan fingerprint density at radius 1 is 1.07 bits per heavy atom. The average Bonchev–Trinajstić information content (AvgIpc) is 3.40. The molecular weight excluding hydrogens is 374 g/mol. The van der Waals surface area contributed by atoms with E-state index in [1.165, 1.54) is 7.11 Å². The zero-order valence-corrected chi connectivity index (χ0v) is 16.8. The molecule has 0 amide bonds. The lowest BCUT2D eigenvalue weighted by Gasteiger charge is -2.60. The van der Waals surface area contributed by atoms with Crippen molar-refractivity contribution in [3.05, 3.63) is 22.5 Å². The fraction of sp³-hybridized carbons (Fsp3) is 0.714. The topological polar surface area (TPSA) is 71.5 Å². The second kappa shape index (κ2) is 5.36. The summed E-state index contributed by atoms with van der Waals surface area (Å²) in [5.41, 5.74) is 1.71. The molecule has 154 valence electrons. The summed E-state index contributed by atoms with van der Waals surface area (Å²) in [6, 6.07) is 0.460. The fourth-order valence-corrected chi connectivity index (χ4v) is 7.60. The number of rotatable bonds is 1. The highest BCUT2D eigenvalue weighted by atomic mass is 16.5. The summed E-state index contributed by atoms with van der Waals surface area (Å²) in [6.07, 6.45) is 1.01. The Bertz CT molecular complexity index is 927. The first kappa shape index (κ1) is 17.1. The summed E-state index contributed by atoms with van der Waals surface area (Å²) in [5.74, 6) is 0.413. The number of ketones is 2. The van der Waals surface area contributed by atoms with Crippen LogP contribution in [0.2, 0.25) is 0 Å². The van der Waals surface area contributed by atoms with Crippen LogP contribution in [0.15, 0.2) is 22.5 Å². The summed E-state index contributed by atoms with van der Waals surface area (Å²) < 4.78 is 17.9. The highest BCUT2D eigenvalue weighted by Gasteiger charge is 2.70. The normalized spacial score (nSPS) is 48.5. The van der Waals surface area contributed by atoms with Gasteiger partial charge in [-0.15, -0.1) is 0 Å². The summed E-state index contributed by atoms with van der Waals surface area (Å²) >= 11 is 0. The standard InChI is InChI=1S/C21H25N3O5/c1-8-17(25)13-12(18(26)19(8)27-3)11-7-29-21-10-6-9-14(22(10)2)16(24(11)21)15(13)23-4-5-28-20(9)23/h9-11,14-16,20-21H,4-7H2,1-3H3. The molecule has 6 heterocycles. The van der Waals surface area contributed by atoms with Gasteiger partial charge in [0.25, 0.3) is 0 Å². The van der Waals surface area contributed by atoms with Crippen LogP contribution in [-0.4, -0.2) is 103 Å². The van der Waals surface area contributed by atoms with E-state index in [0.29, 0.717) is 47.9 Å². The Morgan fingerprint density at radius 3 is 2.69 bits per heavy atom. The predicted octanol–water partition coefficient (Wildman–Crippen LogP) is -0.493. The SMILES string of the molecule is COC1=C(C)C(=O)C2=C(C1=O)C1COC3C4CC5C(C(C2N2CCOC52)N13)N4C. The molecule has 5 saturated heterocycles. The van der Waals surface area contributed by atoms with E-state index >= 15 is 0 Å². The van der Waals surface area contributed by atoms with Gasteiger partial charge in [0.15, 0.2) is 11.5 Å². The molecule has 0 saturated carbocycles. The number of ether oxygens (including phenoxy) is 3. The van der Waals surface area contributed by atoms with Crippen LogP contribution in [0.5, 0.6) is 0 Å². The Labute approximate surface area is 169 Å². The lowest BCUT2D eigenvalue weighted by molar-refractivity contribution is -0.157. The maximum Gasteiger partial charge on any atom is 0.226 e. The average molecular weight is 399 g/mol. The van der Waals surface area contributed by atoms with Crippen LogP contribution in [0.1, 0.15) is 13.3 Å². The Morgan fingerprint density at radius 2 is 1.90 bits per heavy atom. The van der Waals surface area contributed by atoms with Crippen molar-refractivity contribution in [1.82, 2.24) is 14.7 Å². The first-order valence-electron chi connectivity index (χ1n) is 10.6. The predicted molar refractivity (Wildman–Crippen MR) is 99.6 cm³/mol. The molecule has 7 rings (SSSR count). The second-order valence-electron chi connectivity index (χ2n) is 9.39. The van der Waals surface area contributed by atoms with Gasteiger partial charge in [0.2, 0.25) is 5.78 Å². The number of likely N-dealkylation sites (N-methyl/N-ethyl adjacent to an activating group) is 1. The van der Waals surface area contributed by atoms with Crippen molar-refractivity contribution in [2.75, 3.05) is 33.9 Å². The van der Waals surface area contributed by atoms with Crippen molar-refractivity contribution in [3.63, 3.8) is 0 Å². The number of fused-ring (bicyclic) bond motifs is 7. The summed E-state index contributed by atoms with van der Waals surface area (Å²) in [4.78, 5) is 34.4. The molecule has 6 aliphatic heterocycles. The highest BCUT2D eigenvalue weighted by Crippen LogP contribution is 2.56. The number of Topliss-reactive ketones (excluding diaryl/α,β-unsaturated/α-hetero) is 2. The fourth-order valence-electron chi connectivity index (χ4n) is 7.60. The number of methoxy groups -OCH3 is 1. The minimum atomic E-state index is -0.163. The van der Waals surface area contributed by atoms with Crippen molar-refractivity contribution >= 4 is 11.6 Å². The van der Waals surface area contributed by atoms with Gasteiger partial charge in [-0.05, 0) is 20.4 Å². The molecule has 0 aromatic heterocycles. The molecule has 0 radical (unpaired) electrons. The van der Waals surface area contributed by atoms with Crippen LogP contribution in [0, 0.1) is 5.92 Å². The van der Waals surface area contributed by atoms with Crippen LogP contribution < -0.4 is 0 Å². The minimum Gasteiger partial charge on any atom is -0.492 e. The van der Waals surface area contributed by atoms with Gasteiger partial charge >= 0.3 is 0 Å². The monoisotopic (exact) mass is 399 g/mol. The maximum atomic E-state index is 13.6. The molecule has 8 atom stereocenters. The third-order valence-electron chi connectivity index (χ3n) is 8.56. The molecule has 2 bridgehead atoms. The molecular formula is C21H25N3O5. The minimum absolute atomic E-state index is 0.00929. The quantitative estimate of drug-likeness (QED) is 0.547. The Balaban J connectivity index is 1.49. The molecule has 0 spiro atoms. The number of piperidine rings is 1. The van der Waals surface area contributed by atoms with Gasteiger partial charge in [-0.3, -0.25) is 24.3 Å². The molecule has 8 heteroatoms. The molecule has 5 fully saturated rings. The maximum absolute atomic E-state index is 13.6. The van der Waals surface area contributed by atoms with E-state index in [9.17, 15) is 9.59 Å². The van der Waals surface area contributed by atoms with E-state index < -0.39 is 0 Å². The van der Waals surface area contributed by atoms with Gasteiger partial charge in [-0.2, -0.15) is 0 Å². The van der Waals surface area contributed by atoms with Crippen molar-refractivity contribution in [3.8, 4) is 0 Å². The second-order valence-corrected chi connectivity index (χ2v) is 9.39. The van der Waals surface area contributed by atoms with Gasteiger partial charge in [-0.25, -0.2) is 0 Å². The van der Waals surface area contributed by atoms with Crippen LogP contribution in [0.3, 0.4) is 0 Å². The molecule has 0 aromatic carbocycles. The number of hydrogen-bond donors (Lipinski definition) is 0. The van der Waals surface area contributed by atoms with Gasteiger partial charge in [0.05, 0.1) is 38.4 Å². The molecule has 29 heavy (non-hydrogen) atoms. The zero-order valence-electron chi connectivity index (χ0n) is 16.8. The van der Waals surface area contributed by atoms with Gasteiger partial charge in [0, 0.05) is 41.3 Å². The van der Waals surface area contributed by atoms with Gasteiger partial charge < -0.3 is 14.2 Å². The molecule has 8 unspecified atom stereocenters. The van der Waals surface area contributed by atoms with E-state index in [2.05, 4.69) is 21.7 Å². The van der Waals surface area contributed by atoms with Crippen molar-refractivity contribution in [1.29, 1.82) is 0 Å². The molecule has 1 aliphatic carbocycles. The van der Waals surface area contributed by atoms with Crippen molar-refractivity contribution in [2.45, 2.75) is 56.0 Å². The smallest absolute Gasteiger partial charge is 0.226 e. The number of hydrogen-bond acceptors (Lipinski definition) is 8. The van der Waals surface area contributed by atoms with Crippen LogP contribution in [0.25, 0.3) is 0 Å². The highest BCUT2D eigenvalue weighted by molar-refractivity contribution is 6.25. The third-order valence-corrected chi connectivity index (χ3v) is 8.56. The summed E-state index contributed by atoms with van der Waals surface area (Å²) in [5, 5.41) is 0. The number of piperazine rings is 1. The number of nitrogens with zero attached hydrogens (tertiary/aromatic N) is 3. The van der Waals surface area contributed by atoms with Crippen LogP contribution in [0.4, 0.5) is 0 Å². The first-order chi connectivity index (χ1) is 14.0. The van der Waals surface area contributed by atoms with E-state index in [-0.39, 0.29) is 47.9 Å². The lowest BCUT2D eigenvalue weighted by atomic mass is 9.70. The van der Waals surface area contributed by atoms with E-state index in [0.717, 1.165) is 13.0 Å². The largest absolute Gasteiger partial charge is 0.492 e. The zero-order chi connectivity index (χ0) is 19.8. The number of carbonyl (C=O) groups is 2. The van der Waals surface area contributed by atoms with Gasteiger partial charge in [0.1, 0.15) is 12.5 Å². The Kier molecular flexibility index (Phi) is 3.17. The Hall–Kier alpha value is -1.58. The third kappa shape index (κ3) is 1.73. The van der Waals surface area contributed by atoms with E-state index in [1.807, 2.05) is 0 Å². The first-order valence-corrected chi connectivity index (χ1v) is 10.6. The lowest BCUT2D eigenvalue weighted by Crippen LogP contribution is -2.76.